The molecule has 0 rings (SSSR count). The van der Waals surface area contributed by atoms with Crippen LogP contribution in [0.3, 0.4) is 0 Å². The van der Waals surface area contributed by atoms with Gasteiger partial charge < -0.3 is 19.9 Å². The van der Waals surface area contributed by atoms with Gasteiger partial charge in [0.2, 0.25) is 0 Å². The average molecular weight is 219 g/mol. The molecule has 0 heterocycles. The first-order valence-electron chi connectivity index (χ1n) is 4.89. The molecule has 0 aliphatic rings. The Bertz CT molecular complexity index is 194. The highest BCUT2D eigenvalue weighted by Crippen LogP contribution is 2.12. The zero-order chi connectivity index (χ0) is 11.9. The summed E-state index contributed by atoms with van der Waals surface area (Å²) in [6.07, 6.45) is 0.747. The lowest BCUT2D eigenvalue weighted by Gasteiger charge is -2.22. The number of nitrogens with two attached hydrogens (primary N) is 1. The van der Waals surface area contributed by atoms with Crippen molar-refractivity contribution >= 4 is 5.97 Å². The second-order valence-electron chi connectivity index (χ2n) is 3.92. The van der Waals surface area contributed by atoms with E-state index in [0.717, 1.165) is 6.42 Å². The van der Waals surface area contributed by atoms with Gasteiger partial charge in [0.1, 0.15) is 6.04 Å². The maximum Gasteiger partial charge on any atom is 0.325 e. The predicted octanol–water partition coefficient (Wildman–Crippen LogP) is 0.318. The van der Waals surface area contributed by atoms with Crippen LogP contribution in [-0.2, 0) is 19.0 Å². The lowest BCUT2D eigenvalue weighted by molar-refractivity contribution is -0.143. The molecule has 0 spiro atoms. The molecule has 0 saturated carbocycles. The summed E-state index contributed by atoms with van der Waals surface area (Å²) >= 11 is 0. The Kier molecular flexibility index (Phi) is 6.47. The van der Waals surface area contributed by atoms with Crippen molar-refractivity contribution in [1.82, 2.24) is 0 Å². The molecule has 1 atom stereocenters. The molecule has 0 radical (unpaired) electrons. The van der Waals surface area contributed by atoms with Crippen LogP contribution in [0.1, 0.15) is 20.3 Å². The molecular weight excluding hydrogens is 198 g/mol. The second-order valence-corrected chi connectivity index (χ2v) is 3.92. The fourth-order valence-corrected chi connectivity index (χ4v) is 0.850. The lowest BCUT2D eigenvalue weighted by Crippen LogP contribution is -2.36. The van der Waals surface area contributed by atoms with Gasteiger partial charge in [-0.05, 0) is 20.3 Å². The quantitative estimate of drug-likeness (QED) is 0.493. The first-order chi connectivity index (χ1) is 6.93. The van der Waals surface area contributed by atoms with E-state index < -0.39 is 12.0 Å². The summed E-state index contributed by atoms with van der Waals surface area (Å²) in [5.74, 6) is -0.457. The molecule has 0 amide bonds. The number of hydrogen-bond donors (Lipinski definition) is 1. The smallest absolute Gasteiger partial charge is 0.325 e. The topological polar surface area (TPSA) is 70.8 Å². The van der Waals surface area contributed by atoms with Crippen LogP contribution in [0.25, 0.3) is 0 Å². The van der Waals surface area contributed by atoms with Crippen LogP contribution in [-0.4, -0.2) is 45.0 Å². The summed E-state index contributed by atoms with van der Waals surface area (Å²) in [6, 6.07) is -0.708. The summed E-state index contributed by atoms with van der Waals surface area (Å²) in [6.45, 7) is 4.62. The highest BCUT2D eigenvalue weighted by molar-refractivity contribution is 5.75. The minimum Gasteiger partial charge on any atom is -0.468 e. The summed E-state index contributed by atoms with van der Waals surface area (Å²) in [4.78, 5) is 10.9. The van der Waals surface area contributed by atoms with Crippen LogP contribution in [0.4, 0.5) is 0 Å². The monoisotopic (exact) mass is 219 g/mol. The van der Waals surface area contributed by atoms with Crippen molar-refractivity contribution in [3.05, 3.63) is 0 Å². The van der Waals surface area contributed by atoms with Crippen molar-refractivity contribution in [3.63, 3.8) is 0 Å². The van der Waals surface area contributed by atoms with E-state index in [9.17, 15) is 4.79 Å². The van der Waals surface area contributed by atoms with Crippen LogP contribution in [0.5, 0.6) is 0 Å². The number of rotatable bonds is 7. The molecule has 0 saturated heterocycles. The molecule has 0 aromatic carbocycles. The highest BCUT2D eigenvalue weighted by atomic mass is 16.5. The van der Waals surface area contributed by atoms with E-state index in [4.69, 9.17) is 15.2 Å². The van der Waals surface area contributed by atoms with E-state index >= 15 is 0 Å². The standard InChI is InChI=1S/C10H21NO4/c1-10(2,14-4)5-6-15-7-8(11)9(12)13-3/h8H,5-7,11H2,1-4H3. The van der Waals surface area contributed by atoms with Gasteiger partial charge in [-0.1, -0.05) is 0 Å². The zero-order valence-electron chi connectivity index (χ0n) is 9.91. The van der Waals surface area contributed by atoms with Crippen LogP contribution in [0.2, 0.25) is 0 Å². The molecule has 0 aliphatic heterocycles. The van der Waals surface area contributed by atoms with Crippen molar-refractivity contribution in [1.29, 1.82) is 0 Å². The summed E-state index contributed by atoms with van der Waals surface area (Å²) in [5, 5.41) is 0. The fraction of sp³-hybridized carbons (Fsp3) is 0.900. The molecule has 1 unspecified atom stereocenters. The van der Waals surface area contributed by atoms with Gasteiger partial charge in [0.15, 0.2) is 0 Å². The Morgan fingerprint density at radius 2 is 2.00 bits per heavy atom. The van der Waals surface area contributed by atoms with E-state index in [1.54, 1.807) is 7.11 Å². The van der Waals surface area contributed by atoms with Crippen LogP contribution in [0.15, 0.2) is 0 Å². The van der Waals surface area contributed by atoms with Gasteiger partial charge in [-0.25, -0.2) is 0 Å². The van der Waals surface area contributed by atoms with Crippen molar-refractivity contribution < 1.29 is 19.0 Å². The van der Waals surface area contributed by atoms with Crippen molar-refractivity contribution in [2.45, 2.75) is 31.9 Å². The van der Waals surface area contributed by atoms with E-state index in [1.165, 1.54) is 7.11 Å². The van der Waals surface area contributed by atoms with Gasteiger partial charge in [0, 0.05) is 13.7 Å². The molecule has 0 fully saturated rings. The largest absolute Gasteiger partial charge is 0.468 e. The third kappa shape index (κ3) is 6.43. The molecule has 5 heteroatoms. The van der Waals surface area contributed by atoms with Crippen molar-refractivity contribution in [2.24, 2.45) is 5.73 Å². The first-order valence-corrected chi connectivity index (χ1v) is 4.89. The molecule has 5 nitrogen and oxygen atoms in total. The SMILES string of the molecule is COC(=O)C(N)COCCC(C)(C)OC. The van der Waals surface area contributed by atoms with Crippen LogP contribution < -0.4 is 5.73 Å². The third-order valence-electron chi connectivity index (χ3n) is 2.20. The Hall–Kier alpha value is -0.650. The second kappa shape index (κ2) is 6.76. The van der Waals surface area contributed by atoms with Gasteiger partial charge in [-0.2, -0.15) is 0 Å². The highest BCUT2D eigenvalue weighted by Gasteiger charge is 2.17. The maximum absolute atomic E-state index is 10.9. The van der Waals surface area contributed by atoms with Gasteiger partial charge in [-0.3, -0.25) is 4.79 Å². The van der Waals surface area contributed by atoms with Gasteiger partial charge in [0.05, 0.1) is 19.3 Å². The molecule has 0 bridgehead atoms. The minimum atomic E-state index is -0.708. The number of esters is 1. The van der Waals surface area contributed by atoms with Crippen molar-refractivity contribution in [3.8, 4) is 0 Å². The van der Waals surface area contributed by atoms with Crippen molar-refractivity contribution in [2.75, 3.05) is 27.4 Å². The number of hydrogen-bond acceptors (Lipinski definition) is 5. The normalized spacial score (nSPS) is 13.7. The molecule has 0 aromatic heterocycles. The number of methoxy groups -OCH3 is 2. The molecule has 0 aliphatic carbocycles. The minimum absolute atomic E-state index is 0.173. The Morgan fingerprint density at radius 1 is 1.40 bits per heavy atom. The number of carbonyl (C=O) groups is 1. The molecule has 2 N–H and O–H groups in total. The van der Waals surface area contributed by atoms with E-state index in [2.05, 4.69) is 4.74 Å². The average Bonchev–Trinajstić information content (AvgIpc) is 2.22. The maximum atomic E-state index is 10.9. The van der Waals surface area contributed by atoms with Gasteiger partial charge in [-0.15, -0.1) is 0 Å². The molecular formula is C10H21NO4. The predicted molar refractivity (Wildman–Crippen MR) is 56.5 cm³/mol. The summed E-state index contributed by atoms with van der Waals surface area (Å²) < 4.78 is 14.9. The van der Waals surface area contributed by atoms with Gasteiger partial charge >= 0.3 is 5.97 Å². The molecule has 90 valence electrons. The first kappa shape index (κ1) is 14.3. The Balaban J connectivity index is 3.59. The Morgan fingerprint density at radius 3 is 2.47 bits per heavy atom. The van der Waals surface area contributed by atoms with Gasteiger partial charge in [0.25, 0.3) is 0 Å². The van der Waals surface area contributed by atoms with Crippen LogP contribution in [0, 0.1) is 0 Å². The number of carbonyl (C=O) groups excluding carboxylic acids is 1. The molecule has 15 heavy (non-hydrogen) atoms. The summed E-state index contributed by atoms with van der Waals surface area (Å²) in [7, 11) is 2.95. The third-order valence-corrected chi connectivity index (χ3v) is 2.20. The lowest BCUT2D eigenvalue weighted by atomic mass is 10.1. The van der Waals surface area contributed by atoms with E-state index in [1.807, 2.05) is 13.8 Å². The zero-order valence-corrected chi connectivity index (χ0v) is 9.91. The van der Waals surface area contributed by atoms with E-state index in [0.29, 0.717) is 6.61 Å². The fourth-order valence-electron chi connectivity index (χ4n) is 0.850. The summed E-state index contributed by atoms with van der Waals surface area (Å²) in [5.41, 5.74) is 5.27. The molecule has 0 aromatic rings. The van der Waals surface area contributed by atoms with Crippen LogP contribution >= 0.6 is 0 Å². The van der Waals surface area contributed by atoms with E-state index in [-0.39, 0.29) is 12.2 Å². The Labute approximate surface area is 90.9 Å². The number of ether oxygens (including phenoxy) is 3.